The van der Waals surface area contributed by atoms with Crippen molar-refractivity contribution < 1.29 is 13.6 Å². The highest BCUT2D eigenvalue weighted by Crippen LogP contribution is 2.35. The van der Waals surface area contributed by atoms with Crippen molar-refractivity contribution >= 4 is 39.3 Å². The predicted octanol–water partition coefficient (Wildman–Crippen LogP) is 7.68. The van der Waals surface area contributed by atoms with Gasteiger partial charge in [0, 0.05) is 26.9 Å². The number of aryl methyl sites for hydroxylation is 2. The van der Waals surface area contributed by atoms with Crippen molar-refractivity contribution in [1.82, 2.24) is 10.3 Å². The predicted molar refractivity (Wildman–Crippen MR) is 142 cm³/mol. The van der Waals surface area contributed by atoms with E-state index >= 15 is 8.78 Å². The van der Waals surface area contributed by atoms with Crippen molar-refractivity contribution in [3.05, 3.63) is 113 Å². The molecule has 3 nitrogen and oxygen atoms in total. The summed E-state index contributed by atoms with van der Waals surface area (Å²) in [6.45, 7) is 2.72. The van der Waals surface area contributed by atoms with Crippen molar-refractivity contribution in [2.45, 2.75) is 29.6 Å². The van der Waals surface area contributed by atoms with Gasteiger partial charge in [-0.25, -0.2) is 0 Å². The number of benzene rings is 4. The van der Waals surface area contributed by atoms with E-state index in [9.17, 15) is 4.79 Å². The molecule has 1 amide bonds. The minimum atomic E-state index is -3.21. The van der Waals surface area contributed by atoms with E-state index in [0.717, 1.165) is 21.2 Å². The first-order valence-electron chi connectivity index (χ1n) is 11.6. The van der Waals surface area contributed by atoms with Crippen LogP contribution in [-0.2, 0) is 5.92 Å². The zero-order valence-electron chi connectivity index (χ0n) is 19.9. The molecule has 0 aliphatic carbocycles. The van der Waals surface area contributed by atoms with Gasteiger partial charge in [-0.2, -0.15) is 8.78 Å². The summed E-state index contributed by atoms with van der Waals surface area (Å²) in [4.78, 5) is 19.5. The van der Waals surface area contributed by atoms with Crippen LogP contribution in [0.5, 0.6) is 0 Å². The molecule has 180 valence electrons. The van der Waals surface area contributed by atoms with Gasteiger partial charge in [0.05, 0.1) is 17.6 Å². The summed E-state index contributed by atoms with van der Waals surface area (Å²) in [6, 6.07) is 26.1. The molecular formula is C30H24F2N2OS. The Hall–Kier alpha value is -3.77. The highest BCUT2D eigenvalue weighted by molar-refractivity contribution is 7.99. The van der Waals surface area contributed by atoms with Crippen molar-refractivity contribution in [3.8, 4) is 0 Å². The van der Waals surface area contributed by atoms with Crippen molar-refractivity contribution in [2.75, 3.05) is 6.54 Å². The average molecular weight is 499 g/mol. The van der Waals surface area contributed by atoms with Crippen molar-refractivity contribution in [3.63, 3.8) is 0 Å². The number of pyridine rings is 1. The number of fused-ring (bicyclic) bond motifs is 2. The van der Waals surface area contributed by atoms with Crippen LogP contribution < -0.4 is 5.32 Å². The molecule has 0 spiro atoms. The maximum atomic E-state index is 15.1. The molecule has 4 aromatic carbocycles. The summed E-state index contributed by atoms with van der Waals surface area (Å²) in [7, 11) is 0. The Morgan fingerprint density at radius 3 is 2.47 bits per heavy atom. The number of carbonyl (C=O) groups excluding carboxylic acids is 1. The minimum Gasteiger partial charge on any atom is -0.346 e. The lowest BCUT2D eigenvalue weighted by Gasteiger charge is -2.20. The smallest absolute Gasteiger partial charge is 0.290 e. The number of hydrogen-bond acceptors (Lipinski definition) is 3. The van der Waals surface area contributed by atoms with Gasteiger partial charge < -0.3 is 5.32 Å². The molecule has 0 saturated heterocycles. The van der Waals surface area contributed by atoms with Gasteiger partial charge in [0.1, 0.15) is 0 Å². The Morgan fingerprint density at radius 2 is 1.67 bits per heavy atom. The van der Waals surface area contributed by atoms with E-state index in [0.29, 0.717) is 26.9 Å². The molecule has 0 atom stereocenters. The molecule has 0 unspecified atom stereocenters. The Kier molecular flexibility index (Phi) is 6.46. The minimum absolute atomic E-state index is 0.0845. The Bertz CT molecular complexity index is 1600. The number of halogens is 2. The maximum Gasteiger partial charge on any atom is 0.290 e. The molecular weight excluding hydrogens is 474 g/mol. The second kappa shape index (κ2) is 9.70. The van der Waals surface area contributed by atoms with Crippen molar-refractivity contribution in [1.29, 1.82) is 0 Å². The number of nitrogens with zero attached hydrogens (tertiary/aromatic N) is 1. The van der Waals surface area contributed by atoms with Gasteiger partial charge in [0.25, 0.3) is 11.8 Å². The van der Waals surface area contributed by atoms with E-state index in [1.54, 1.807) is 37.4 Å². The van der Waals surface area contributed by atoms with E-state index in [-0.39, 0.29) is 5.56 Å². The van der Waals surface area contributed by atoms with Crippen LogP contribution in [0.4, 0.5) is 8.78 Å². The number of hydrogen-bond donors (Lipinski definition) is 1. The van der Waals surface area contributed by atoms with Gasteiger partial charge in [-0.1, -0.05) is 84.1 Å². The Balaban J connectivity index is 1.47. The molecule has 5 rings (SSSR count). The van der Waals surface area contributed by atoms with Gasteiger partial charge in [0.2, 0.25) is 0 Å². The molecule has 1 heterocycles. The number of nitrogens with one attached hydrogen (secondary N) is 1. The first kappa shape index (κ1) is 23.9. The lowest BCUT2D eigenvalue weighted by atomic mass is 10.00. The third-order valence-corrected chi connectivity index (χ3v) is 7.18. The van der Waals surface area contributed by atoms with Crippen LogP contribution in [0, 0.1) is 13.8 Å². The second-order valence-electron chi connectivity index (χ2n) is 8.83. The highest BCUT2D eigenvalue weighted by atomic mass is 32.2. The molecule has 0 fully saturated rings. The third-order valence-electron chi connectivity index (χ3n) is 6.16. The fourth-order valence-electron chi connectivity index (χ4n) is 4.39. The molecule has 0 saturated carbocycles. The first-order chi connectivity index (χ1) is 17.3. The zero-order valence-corrected chi connectivity index (χ0v) is 20.7. The number of rotatable bonds is 6. The topological polar surface area (TPSA) is 42.0 Å². The molecule has 1 aromatic heterocycles. The van der Waals surface area contributed by atoms with Crippen LogP contribution in [0.3, 0.4) is 0 Å². The number of amides is 1. The van der Waals surface area contributed by atoms with Gasteiger partial charge >= 0.3 is 0 Å². The normalized spacial score (nSPS) is 11.7. The standard InChI is InChI=1S/C30H24F2N2OS/c1-19-11-14-25(20(2)15-19)30(31,32)18-34-29(35)28-24-9-5-6-10-26(24)33-17-27(28)36-23-13-12-21-7-3-4-8-22(21)16-23/h3-17H,18H2,1-2H3,(H,34,35). The lowest BCUT2D eigenvalue weighted by molar-refractivity contribution is -0.00308. The van der Waals surface area contributed by atoms with E-state index < -0.39 is 18.4 Å². The van der Waals surface area contributed by atoms with Crippen LogP contribution in [0.2, 0.25) is 0 Å². The summed E-state index contributed by atoms with van der Waals surface area (Å²) in [5.41, 5.74) is 2.30. The second-order valence-corrected chi connectivity index (χ2v) is 9.95. The van der Waals surface area contributed by atoms with Gasteiger partial charge in [0.15, 0.2) is 0 Å². The largest absolute Gasteiger partial charge is 0.346 e. The fraction of sp³-hybridized carbons (Fsp3) is 0.133. The summed E-state index contributed by atoms with van der Waals surface area (Å²) in [5.74, 6) is -3.76. The van der Waals surface area contributed by atoms with E-state index in [1.165, 1.54) is 17.8 Å². The first-order valence-corrected chi connectivity index (χ1v) is 12.4. The van der Waals surface area contributed by atoms with E-state index in [2.05, 4.69) is 10.3 Å². The molecule has 0 aliphatic heterocycles. The molecule has 36 heavy (non-hydrogen) atoms. The summed E-state index contributed by atoms with van der Waals surface area (Å²) in [6.07, 6.45) is 1.64. The monoisotopic (exact) mass is 498 g/mol. The molecule has 5 aromatic rings. The molecule has 1 N–H and O–H groups in total. The van der Waals surface area contributed by atoms with Gasteiger partial charge in [-0.15, -0.1) is 0 Å². The molecule has 6 heteroatoms. The van der Waals surface area contributed by atoms with Gasteiger partial charge in [-0.3, -0.25) is 9.78 Å². The summed E-state index contributed by atoms with van der Waals surface area (Å²) < 4.78 is 30.2. The number of carbonyl (C=O) groups is 1. The van der Waals surface area contributed by atoms with Crippen LogP contribution in [0.25, 0.3) is 21.7 Å². The van der Waals surface area contributed by atoms with Gasteiger partial charge in [-0.05, 0) is 48.4 Å². The molecule has 0 bridgehead atoms. The quantitative estimate of drug-likeness (QED) is 0.261. The van der Waals surface area contributed by atoms with E-state index in [1.807, 2.05) is 61.5 Å². The molecule has 0 aliphatic rings. The summed E-state index contributed by atoms with van der Waals surface area (Å²) >= 11 is 1.40. The number of aromatic nitrogens is 1. The van der Waals surface area contributed by atoms with Crippen LogP contribution in [-0.4, -0.2) is 17.4 Å². The molecule has 0 radical (unpaired) electrons. The number of para-hydroxylation sites is 1. The zero-order chi connectivity index (χ0) is 25.3. The van der Waals surface area contributed by atoms with Crippen LogP contribution >= 0.6 is 11.8 Å². The lowest BCUT2D eigenvalue weighted by Crippen LogP contribution is -2.35. The van der Waals surface area contributed by atoms with Crippen LogP contribution in [0.1, 0.15) is 27.0 Å². The van der Waals surface area contributed by atoms with Crippen molar-refractivity contribution in [2.24, 2.45) is 0 Å². The van der Waals surface area contributed by atoms with E-state index in [4.69, 9.17) is 0 Å². The maximum absolute atomic E-state index is 15.1. The number of alkyl halides is 2. The van der Waals surface area contributed by atoms with Crippen LogP contribution in [0.15, 0.2) is 101 Å². The highest BCUT2D eigenvalue weighted by Gasteiger charge is 2.34. The Morgan fingerprint density at radius 1 is 0.917 bits per heavy atom. The SMILES string of the molecule is Cc1ccc(C(F)(F)CNC(=O)c2c(Sc3ccc4ccccc4c3)cnc3ccccc23)c(C)c1. The third kappa shape index (κ3) is 4.82. The summed E-state index contributed by atoms with van der Waals surface area (Å²) in [5, 5.41) is 5.31. The Labute approximate surface area is 212 Å². The average Bonchev–Trinajstić information content (AvgIpc) is 2.87. The fourth-order valence-corrected chi connectivity index (χ4v) is 5.38.